The molecule has 138 valence electrons. The van der Waals surface area contributed by atoms with E-state index in [1.165, 1.54) is 19.4 Å². The van der Waals surface area contributed by atoms with Gasteiger partial charge in [-0.1, -0.05) is 13.3 Å². The van der Waals surface area contributed by atoms with Crippen LogP contribution in [0.5, 0.6) is 11.6 Å². The van der Waals surface area contributed by atoms with E-state index in [9.17, 15) is 14.4 Å². The van der Waals surface area contributed by atoms with E-state index in [0.29, 0.717) is 6.61 Å². The summed E-state index contributed by atoms with van der Waals surface area (Å²) < 4.78 is 19.7. The van der Waals surface area contributed by atoms with Gasteiger partial charge in [0.1, 0.15) is 6.54 Å². The van der Waals surface area contributed by atoms with Gasteiger partial charge in [-0.25, -0.2) is 14.6 Å². The Bertz CT molecular complexity index is 604. The van der Waals surface area contributed by atoms with Crippen molar-refractivity contribution >= 4 is 18.0 Å². The summed E-state index contributed by atoms with van der Waals surface area (Å²) in [5, 5.41) is 2.24. The molecule has 25 heavy (non-hydrogen) atoms. The monoisotopic (exact) mass is 354 g/mol. The fourth-order valence-corrected chi connectivity index (χ4v) is 1.63. The summed E-state index contributed by atoms with van der Waals surface area (Å²) in [5.41, 5.74) is 0.158. The van der Waals surface area contributed by atoms with E-state index in [4.69, 9.17) is 18.9 Å². The molecule has 0 spiro atoms. The van der Waals surface area contributed by atoms with Crippen LogP contribution >= 0.6 is 0 Å². The van der Waals surface area contributed by atoms with Gasteiger partial charge in [-0.3, -0.25) is 4.79 Å². The first-order valence-corrected chi connectivity index (χ1v) is 7.84. The topological polar surface area (TPSA) is 113 Å². The number of nitrogens with zero attached hydrogens (tertiary/aromatic N) is 1. The summed E-state index contributed by atoms with van der Waals surface area (Å²) in [4.78, 5) is 38.6. The number of esters is 2. The number of unbranched alkanes of at least 4 members (excludes halogenated alkanes) is 1. The van der Waals surface area contributed by atoms with Crippen molar-refractivity contribution in [1.82, 2.24) is 10.3 Å². The van der Waals surface area contributed by atoms with Crippen LogP contribution in [0, 0.1) is 0 Å². The number of pyridine rings is 1. The molecule has 0 fully saturated rings. The van der Waals surface area contributed by atoms with E-state index < -0.39 is 18.0 Å². The van der Waals surface area contributed by atoms with Gasteiger partial charge in [0.05, 0.1) is 25.9 Å². The molecule has 0 saturated carbocycles. The normalized spacial score (nSPS) is 9.88. The summed E-state index contributed by atoms with van der Waals surface area (Å²) in [7, 11) is 1.34. The largest absolute Gasteiger partial charge is 0.491 e. The lowest BCUT2D eigenvalue weighted by Gasteiger charge is -2.10. The molecule has 9 heteroatoms. The third-order valence-electron chi connectivity index (χ3n) is 2.88. The predicted octanol–water partition coefficient (Wildman–Crippen LogP) is 1.70. The third-order valence-corrected chi connectivity index (χ3v) is 2.88. The smallest absolute Gasteiger partial charge is 0.414 e. The van der Waals surface area contributed by atoms with Crippen LogP contribution in [0.15, 0.2) is 12.3 Å². The zero-order chi connectivity index (χ0) is 18.7. The highest BCUT2D eigenvalue weighted by atomic mass is 16.6. The Morgan fingerprint density at radius 2 is 1.96 bits per heavy atom. The minimum absolute atomic E-state index is 0.0752. The van der Waals surface area contributed by atoms with Crippen LogP contribution in [-0.4, -0.2) is 49.9 Å². The number of amides is 1. The standard InChI is InChI=1S/C16H22N2O7/c1-4-6-7-24-13(19)10-18-16(21)25-14-12(22-3)8-11(9-17-14)15(20)23-5-2/h8-9H,4-7,10H2,1-3H3,(H,18,21). The lowest BCUT2D eigenvalue weighted by molar-refractivity contribution is -0.142. The summed E-state index contributed by atoms with van der Waals surface area (Å²) in [6.45, 7) is 3.84. The average molecular weight is 354 g/mol. The summed E-state index contributed by atoms with van der Waals surface area (Å²) >= 11 is 0. The molecular weight excluding hydrogens is 332 g/mol. The highest BCUT2D eigenvalue weighted by molar-refractivity contribution is 5.89. The van der Waals surface area contributed by atoms with Gasteiger partial charge in [-0.05, 0) is 13.3 Å². The van der Waals surface area contributed by atoms with Gasteiger partial charge in [-0.15, -0.1) is 0 Å². The highest BCUT2D eigenvalue weighted by Crippen LogP contribution is 2.25. The number of ether oxygens (including phenoxy) is 4. The minimum Gasteiger partial charge on any atom is -0.491 e. The number of nitrogens with one attached hydrogen (secondary N) is 1. The summed E-state index contributed by atoms with van der Waals surface area (Å²) in [6.07, 6.45) is 1.95. The van der Waals surface area contributed by atoms with Crippen LogP contribution in [0.1, 0.15) is 37.0 Å². The molecule has 0 bridgehead atoms. The molecule has 0 unspecified atom stereocenters. The second-order valence-electron chi connectivity index (χ2n) is 4.77. The molecule has 1 rings (SSSR count). The SMILES string of the molecule is CCCCOC(=O)CNC(=O)Oc1ncc(C(=O)OCC)cc1OC. The van der Waals surface area contributed by atoms with Crippen LogP contribution in [0.25, 0.3) is 0 Å². The number of carbonyl (C=O) groups excluding carboxylic acids is 3. The molecule has 0 aliphatic heterocycles. The number of hydrogen-bond acceptors (Lipinski definition) is 8. The maximum absolute atomic E-state index is 11.7. The van der Waals surface area contributed by atoms with Crippen LogP contribution < -0.4 is 14.8 Å². The molecule has 1 amide bonds. The maximum atomic E-state index is 11.7. The number of carbonyl (C=O) groups is 3. The van der Waals surface area contributed by atoms with Crippen molar-refractivity contribution in [2.45, 2.75) is 26.7 Å². The van der Waals surface area contributed by atoms with E-state index in [2.05, 4.69) is 10.3 Å². The molecule has 1 N–H and O–H groups in total. The fraction of sp³-hybridized carbons (Fsp3) is 0.500. The molecular formula is C16H22N2O7. The molecule has 0 atom stereocenters. The van der Waals surface area contributed by atoms with Gasteiger partial charge in [0.25, 0.3) is 5.88 Å². The first-order valence-electron chi connectivity index (χ1n) is 7.84. The molecule has 1 aromatic rings. The third kappa shape index (κ3) is 7.06. The zero-order valence-corrected chi connectivity index (χ0v) is 14.5. The zero-order valence-electron chi connectivity index (χ0n) is 14.5. The lowest BCUT2D eigenvalue weighted by atomic mass is 10.3. The Labute approximate surface area is 145 Å². The summed E-state index contributed by atoms with van der Waals surface area (Å²) in [5.74, 6) is -1.21. The van der Waals surface area contributed by atoms with E-state index in [1.54, 1.807) is 6.92 Å². The number of hydrogen-bond donors (Lipinski definition) is 1. The number of methoxy groups -OCH3 is 1. The highest BCUT2D eigenvalue weighted by Gasteiger charge is 2.16. The van der Waals surface area contributed by atoms with Crippen molar-refractivity contribution < 1.29 is 33.3 Å². The summed E-state index contributed by atoms with van der Waals surface area (Å²) in [6, 6.07) is 1.34. The van der Waals surface area contributed by atoms with Crippen molar-refractivity contribution in [3.8, 4) is 11.6 Å². The van der Waals surface area contributed by atoms with Crippen molar-refractivity contribution in [2.75, 3.05) is 26.9 Å². The minimum atomic E-state index is -0.901. The Hall–Kier alpha value is -2.84. The quantitative estimate of drug-likeness (QED) is 0.526. The van der Waals surface area contributed by atoms with Crippen molar-refractivity contribution in [3.05, 3.63) is 17.8 Å². The van der Waals surface area contributed by atoms with Crippen LogP contribution in [-0.2, 0) is 14.3 Å². The first-order chi connectivity index (χ1) is 12.0. The second-order valence-corrected chi connectivity index (χ2v) is 4.77. The van der Waals surface area contributed by atoms with Gasteiger partial charge in [0.2, 0.25) is 0 Å². The molecule has 0 aromatic carbocycles. The molecule has 9 nitrogen and oxygen atoms in total. The van der Waals surface area contributed by atoms with Gasteiger partial charge in [0, 0.05) is 12.3 Å². The molecule has 0 saturated heterocycles. The lowest BCUT2D eigenvalue weighted by Crippen LogP contribution is -2.33. The number of rotatable bonds is 9. The second kappa shape index (κ2) is 10.8. The van der Waals surface area contributed by atoms with Gasteiger partial charge >= 0.3 is 18.0 Å². The van der Waals surface area contributed by atoms with E-state index in [-0.39, 0.29) is 30.3 Å². The van der Waals surface area contributed by atoms with Crippen LogP contribution in [0.2, 0.25) is 0 Å². The van der Waals surface area contributed by atoms with Gasteiger partial charge in [-0.2, -0.15) is 0 Å². The average Bonchev–Trinajstić information content (AvgIpc) is 2.60. The van der Waals surface area contributed by atoms with E-state index in [0.717, 1.165) is 12.8 Å². The molecule has 0 aliphatic rings. The Kier molecular flexibility index (Phi) is 8.77. The molecule has 0 radical (unpaired) electrons. The Morgan fingerprint density at radius 1 is 1.20 bits per heavy atom. The van der Waals surface area contributed by atoms with E-state index in [1.807, 2.05) is 6.92 Å². The van der Waals surface area contributed by atoms with Crippen LogP contribution in [0.4, 0.5) is 4.79 Å². The van der Waals surface area contributed by atoms with Gasteiger partial charge < -0.3 is 24.3 Å². The predicted molar refractivity (Wildman–Crippen MR) is 86.6 cm³/mol. The Morgan fingerprint density at radius 3 is 2.60 bits per heavy atom. The molecule has 0 aliphatic carbocycles. The fourth-order valence-electron chi connectivity index (χ4n) is 1.63. The van der Waals surface area contributed by atoms with Gasteiger partial charge in [0.15, 0.2) is 5.75 Å². The maximum Gasteiger partial charge on any atom is 0.414 e. The van der Waals surface area contributed by atoms with E-state index >= 15 is 0 Å². The van der Waals surface area contributed by atoms with Crippen molar-refractivity contribution in [2.24, 2.45) is 0 Å². The van der Waals surface area contributed by atoms with Crippen molar-refractivity contribution in [3.63, 3.8) is 0 Å². The van der Waals surface area contributed by atoms with Crippen LogP contribution in [0.3, 0.4) is 0 Å². The number of aromatic nitrogens is 1. The first kappa shape index (κ1) is 20.2. The molecule has 1 aromatic heterocycles. The Balaban J connectivity index is 2.59. The van der Waals surface area contributed by atoms with Crippen molar-refractivity contribution in [1.29, 1.82) is 0 Å². The molecule has 1 heterocycles.